The summed E-state index contributed by atoms with van der Waals surface area (Å²) >= 11 is 0. The highest BCUT2D eigenvalue weighted by molar-refractivity contribution is 5.92. The molecule has 0 spiro atoms. The molecule has 0 amide bonds. The quantitative estimate of drug-likeness (QED) is 0.515. The smallest absolute Gasteiger partial charge is 0.350 e. The fourth-order valence-corrected chi connectivity index (χ4v) is 1.47. The van der Waals surface area contributed by atoms with E-state index in [4.69, 9.17) is 5.26 Å². The molecule has 0 atom stereocenters. The Morgan fingerprint density at radius 3 is 2.76 bits per heavy atom. The molecule has 2 heterocycles. The number of aromatic nitrogens is 3. The molecule has 0 aromatic carbocycles. The third kappa shape index (κ3) is 3.61. The van der Waals surface area contributed by atoms with Gasteiger partial charge in [0, 0.05) is 30.4 Å². The first-order valence-electron chi connectivity index (χ1n) is 5.93. The van der Waals surface area contributed by atoms with E-state index >= 15 is 0 Å². The molecule has 104 valence electrons. The fourth-order valence-electron chi connectivity index (χ4n) is 1.47. The van der Waals surface area contributed by atoms with Crippen LogP contribution in [0.2, 0.25) is 0 Å². The predicted octanol–water partition coefficient (Wildman–Crippen LogP) is 1.53. The molecular formula is C14H11N5O2. The molecule has 2 rings (SSSR count). The Morgan fingerprint density at radius 2 is 2.10 bits per heavy atom. The van der Waals surface area contributed by atoms with Crippen molar-refractivity contribution in [1.82, 2.24) is 15.0 Å². The van der Waals surface area contributed by atoms with Gasteiger partial charge in [-0.15, -0.1) is 0 Å². The number of esters is 1. The molecule has 2 aromatic heterocycles. The van der Waals surface area contributed by atoms with Gasteiger partial charge in [-0.2, -0.15) is 5.26 Å². The first kappa shape index (κ1) is 14.1. The highest BCUT2D eigenvalue weighted by atomic mass is 16.5. The molecular weight excluding hydrogens is 270 g/mol. The lowest BCUT2D eigenvalue weighted by molar-refractivity contribution is -0.135. The van der Waals surface area contributed by atoms with E-state index in [1.54, 1.807) is 42.9 Å². The van der Waals surface area contributed by atoms with Gasteiger partial charge in [-0.25, -0.2) is 14.8 Å². The molecule has 0 aliphatic heterocycles. The van der Waals surface area contributed by atoms with Gasteiger partial charge >= 0.3 is 5.97 Å². The number of pyridine rings is 1. The van der Waals surface area contributed by atoms with Crippen LogP contribution < -0.4 is 5.32 Å². The summed E-state index contributed by atoms with van der Waals surface area (Å²) in [5.74, 6) is 0.245. The van der Waals surface area contributed by atoms with E-state index in [9.17, 15) is 4.79 Å². The molecule has 0 aliphatic rings. The van der Waals surface area contributed by atoms with Gasteiger partial charge in [0.2, 0.25) is 0 Å². The van der Waals surface area contributed by atoms with E-state index in [-0.39, 0.29) is 5.57 Å². The fraction of sp³-hybridized carbons (Fsp3) is 0.0714. The van der Waals surface area contributed by atoms with Crippen LogP contribution in [0.4, 0.5) is 5.82 Å². The molecule has 1 N–H and O–H groups in total. The lowest BCUT2D eigenvalue weighted by atomic mass is 10.2. The largest absolute Gasteiger partial charge is 0.465 e. The van der Waals surface area contributed by atoms with Crippen molar-refractivity contribution in [3.05, 3.63) is 48.6 Å². The number of nitrogens with zero attached hydrogens (tertiary/aromatic N) is 4. The van der Waals surface area contributed by atoms with Crippen molar-refractivity contribution in [1.29, 1.82) is 5.26 Å². The van der Waals surface area contributed by atoms with Gasteiger partial charge in [0.05, 0.1) is 7.11 Å². The number of nitriles is 1. The average Bonchev–Trinajstić information content (AvgIpc) is 2.56. The van der Waals surface area contributed by atoms with Crippen LogP contribution in [0.25, 0.3) is 11.4 Å². The molecule has 0 unspecified atom stereocenters. The number of methoxy groups -OCH3 is 1. The maximum Gasteiger partial charge on any atom is 0.350 e. The Balaban J connectivity index is 2.21. The van der Waals surface area contributed by atoms with Crippen molar-refractivity contribution in [3.8, 4) is 17.5 Å². The molecule has 0 fully saturated rings. The Hall–Kier alpha value is -3.27. The zero-order chi connectivity index (χ0) is 15.1. The third-order valence-corrected chi connectivity index (χ3v) is 2.48. The highest BCUT2D eigenvalue weighted by Gasteiger charge is 2.08. The SMILES string of the molecule is COC(=O)/C(C#N)=C/Nc1ccnc(-c2ccncc2)n1. The normalized spacial score (nSPS) is 10.6. The maximum atomic E-state index is 11.3. The monoisotopic (exact) mass is 281 g/mol. The van der Waals surface area contributed by atoms with Crippen LogP contribution in [0, 0.1) is 11.3 Å². The van der Waals surface area contributed by atoms with E-state index in [0.717, 1.165) is 5.56 Å². The number of carbonyl (C=O) groups excluding carboxylic acids is 1. The Kier molecular flexibility index (Phi) is 4.56. The van der Waals surface area contributed by atoms with Crippen molar-refractivity contribution in [2.75, 3.05) is 12.4 Å². The van der Waals surface area contributed by atoms with Crippen molar-refractivity contribution in [2.24, 2.45) is 0 Å². The van der Waals surface area contributed by atoms with Crippen LogP contribution in [0.5, 0.6) is 0 Å². The zero-order valence-corrected chi connectivity index (χ0v) is 11.1. The molecule has 21 heavy (non-hydrogen) atoms. The minimum atomic E-state index is -0.714. The summed E-state index contributed by atoms with van der Waals surface area (Å²) in [4.78, 5) is 23.6. The van der Waals surface area contributed by atoms with Gasteiger partial charge in [-0.3, -0.25) is 4.98 Å². The summed E-state index contributed by atoms with van der Waals surface area (Å²) in [6.07, 6.45) is 6.10. The van der Waals surface area contributed by atoms with Crippen molar-refractivity contribution in [3.63, 3.8) is 0 Å². The second-order valence-electron chi connectivity index (χ2n) is 3.81. The van der Waals surface area contributed by atoms with Crippen molar-refractivity contribution >= 4 is 11.8 Å². The second kappa shape index (κ2) is 6.77. The molecule has 0 saturated carbocycles. The highest BCUT2D eigenvalue weighted by Crippen LogP contribution is 2.14. The predicted molar refractivity (Wildman–Crippen MR) is 74.6 cm³/mol. The van der Waals surface area contributed by atoms with Crippen LogP contribution in [0.15, 0.2) is 48.6 Å². The number of nitrogens with one attached hydrogen (secondary N) is 1. The minimum Gasteiger partial charge on any atom is -0.465 e. The molecule has 0 saturated heterocycles. The minimum absolute atomic E-state index is 0.151. The lowest BCUT2D eigenvalue weighted by Crippen LogP contribution is -2.05. The summed E-state index contributed by atoms with van der Waals surface area (Å²) in [7, 11) is 1.21. The molecule has 7 nitrogen and oxygen atoms in total. The van der Waals surface area contributed by atoms with Crippen LogP contribution >= 0.6 is 0 Å². The Labute approximate surface area is 121 Å². The Bertz CT molecular complexity index is 707. The molecule has 0 aliphatic carbocycles. The van der Waals surface area contributed by atoms with Crippen LogP contribution in [-0.4, -0.2) is 28.0 Å². The number of hydrogen-bond donors (Lipinski definition) is 1. The zero-order valence-electron chi connectivity index (χ0n) is 11.1. The number of rotatable bonds is 4. The van der Waals surface area contributed by atoms with Crippen LogP contribution in [0.3, 0.4) is 0 Å². The van der Waals surface area contributed by atoms with E-state index in [1.807, 2.05) is 0 Å². The number of ether oxygens (including phenoxy) is 1. The number of carbonyl (C=O) groups is 1. The third-order valence-electron chi connectivity index (χ3n) is 2.48. The second-order valence-corrected chi connectivity index (χ2v) is 3.81. The Morgan fingerprint density at radius 1 is 1.33 bits per heavy atom. The standard InChI is InChI=1S/C14H11N5O2/c1-21-14(20)11(8-15)9-18-12-4-7-17-13(19-12)10-2-5-16-6-3-10/h2-7,9H,1H3,(H,17,18,19)/b11-9+. The molecule has 7 heteroatoms. The summed E-state index contributed by atoms with van der Waals surface area (Å²) in [6, 6.07) is 6.92. The van der Waals surface area contributed by atoms with Crippen molar-refractivity contribution < 1.29 is 9.53 Å². The summed E-state index contributed by atoms with van der Waals surface area (Å²) in [5, 5.41) is 11.6. The first-order valence-corrected chi connectivity index (χ1v) is 5.93. The average molecular weight is 281 g/mol. The van der Waals surface area contributed by atoms with Gasteiger partial charge < -0.3 is 10.1 Å². The summed E-state index contributed by atoms with van der Waals surface area (Å²) in [5.41, 5.74) is 0.660. The van der Waals surface area contributed by atoms with Gasteiger partial charge in [-0.1, -0.05) is 0 Å². The van der Waals surface area contributed by atoms with Gasteiger partial charge in [0.15, 0.2) is 11.4 Å². The number of hydrogen-bond acceptors (Lipinski definition) is 7. The summed E-state index contributed by atoms with van der Waals surface area (Å²) < 4.78 is 4.48. The topological polar surface area (TPSA) is 101 Å². The van der Waals surface area contributed by atoms with E-state index in [2.05, 4.69) is 25.0 Å². The lowest BCUT2D eigenvalue weighted by Gasteiger charge is -2.03. The van der Waals surface area contributed by atoms with Crippen molar-refractivity contribution in [2.45, 2.75) is 0 Å². The van der Waals surface area contributed by atoms with E-state index in [0.29, 0.717) is 11.6 Å². The summed E-state index contributed by atoms with van der Waals surface area (Å²) in [6.45, 7) is 0. The maximum absolute atomic E-state index is 11.3. The van der Waals surface area contributed by atoms with Gasteiger partial charge in [0.25, 0.3) is 0 Å². The van der Waals surface area contributed by atoms with Gasteiger partial charge in [-0.05, 0) is 18.2 Å². The van der Waals surface area contributed by atoms with Crippen LogP contribution in [0.1, 0.15) is 0 Å². The van der Waals surface area contributed by atoms with E-state index < -0.39 is 5.97 Å². The first-order chi connectivity index (χ1) is 10.2. The van der Waals surface area contributed by atoms with Crippen LogP contribution in [-0.2, 0) is 9.53 Å². The molecule has 2 aromatic rings. The number of anilines is 1. The van der Waals surface area contributed by atoms with E-state index in [1.165, 1.54) is 13.3 Å². The molecule has 0 radical (unpaired) electrons. The van der Waals surface area contributed by atoms with Gasteiger partial charge in [0.1, 0.15) is 11.9 Å². The molecule has 0 bridgehead atoms.